The molecule has 0 bridgehead atoms. The number of methoxy groups -OCH3 is 1. The molecule has 0 aromatic carbocycles. The fraction of sp³-hybridized carbons (Fsp3) is 0.261. The second-order valence-electron chi connectivity index (χ2n) is 7.55. The molecule has 1 fully saturated rings. The van der Waals surface area contributed by atoms with E-state index in [1.165, 1.54) is 0 Å². The molecule has 1 aliphatic rings. The summed E-state index contributed by atoms with van der Waals surface area (Å²) >= 11 is 0. The summed E-state index contributed by atoms with van der Waals surface area (Å²) < 4.78 is 13.1. The number of rotatable bonds is 6. The number of aromatic nitrogens is 6. The van der Waals surface area contributed by atoms with E-state index in [-0.39, 0.29) is 0 Å². The van der Waals surface area contributed by atoms with Gasteiger partial charge in [-0.15, -0.1) is 0 Å². The van der Waals surface area contributed by atoms with Crippen LogP contribution >= 0.6 is 0 Å². The molecule has 1 aliphatic heterocycles. The molecule has 0 spiro atoms. The topological polar surface area (TPSA) is 103 Å². The minimum absolute atomic E-state index is 0.531. The molecule has 0 unspecified atom stereocenters. The number of nitrogens with one attached hydrogen (secondary N) is 1. The van der Waals surface area contributed by atoms with Gasteiger partial charge < -0.3 is 19.7 Å². The molecular weight excluding hydrogens is 420 g/mol. The third-order valence-electron chi connectivity index (χ3n) is 5.32. The second kappa shape index (κ2) is 9.21. The molecule has 33 heavy (non-hydrogen) atoms. The second-order valence-corrected chi connectivity index (χ2v) is 7.55. The maximum Gasteiger partial charge on any atom is 0.228 e. The van der Waals surface area contributed by atoms with Gasteiger partial charge in [0.2, 0.25) is 5.95 Å². The van der Waals surface area contributed by atoms with Gasteiger partial charge in [-0.25, -0.2) is 4.98 Å². The van der Waals surface area contributed by atoms with Gasteiger partial charge in [-0.05, 0) is 24.3 Å². The van der Waals surface area contributed by atoms with Gasteiger partial charge in [-0.1, -0.05) is 0 Å². The number of aryl methyl sites for hydroxylation is 1. The van der Waals surface area contributed by atoms with Crippen LogP contribution in [0.5, 0.6) is 5.75 Å². The third-order valence-corrected chi connectivity index (χ3v) is 5.32. The zero-order valence-electron chi connectivity index (χ0n) is 18.5. The van der Waals surface area contributed by atoms with Gasteiger partial charge in [0.15, 0.2) is 11.6 Å². The molecule has 5 rings (SSSR count). The molecule has 1 N–H and O–H groups in total. The first-order valence-electron chi connectivity index (χ1n) is 10.6. The van der Waals surface area contributed by atoms with Crippen molar-refractivity contribution in [3.05, 3.63) is 55.2 Å². The largest absolute Gasteiger partial charge is 0.491 e. The zero-order valence-corrected chi connectivity index (χ0v) is 18.5. The highest BCUT2D eigenvalue weighted by Gasteiger charge is 2.22. The number of ether oxygens (including phenoxy) is 2. The molecule has 4 aromatic heterocycles. The third kappa shape index (κ3) is 4.46. The molecular formula is C23H24N8O2. The van der Waals surface area contributed by atoms with Crippen molar-refractivity contribution in [3.8, 4) is 28.3 Å². The molecule has 5 heterocycles. The summed E-state index contributed by atoms with van der Waals surface area (Å²) in [6.45, 7) is 2.70. The minimum Gasteiger partial charge on any atom is -0.491 e. The zero-order chi connectivity index (χ0) is 22.6. The molecule has 10 heteroatoms. The summed E-state index contributed by atoms with van der Waals surface area (Å²) in [6.07, 6.45) is 8.91. The van der Waals surface area contributed by atoms with Crippen molar-refractivity contribution in [3.63, 3.8) is 0 Å². The van der Waals surface area contributed by atoms with E-state index in [9.17, 15) is 0 Å². The molecule has 0 atom stereocenters. The normalized spacial score (nSPS) is 13.7. The lowest BCUT2D eigenvalue weighted by atomic mass is 10.1. The van der Waals surface area contributed by atoms with Crippen molar-refractivity contribution >= 4 is 17.5 Å². The first-order chi connectivity index (χ1) is 16.2. The van der Waals surface area contributed by atoms with Crippen molar-refractivity contribution in [1.29, 1.82) is 0 Å². The molecule has 1 saturated heterocycles. The molecule has 4 aromatic rings. The van der Waals surface area contributed by atoms with E-state index in [1.807, 2.05) is 37.5 Å². The Morgan fingerprint density at radius 1 is 1.00 bits per heavy atom. The maximum absolute atomic E-state index is 5.80. The van der Waals surface area contributed by atoms with E-state index in [2.05, 4.69) is 25.3 Å². The van der Waals surface area contributed by atoms with Gasteiger partial charge >= 0.3 is 0 Å². The Kier molecular flexibility index (Phi) is 5.81. The van der Waals surface area contributed by atoms with Crippen LogP contribution < -0.4 is 15.0 Å². The highest BCUT2D eigenvalue weighted by atomic mass is 16.5. The molecule has 0 amide bonds. The van der Waals surface area contributed by atoms with Crippen molar-refractivity contribution in [2.45, 2.75) is 0 Å². The molecule has 0 radical (unpaired) electrons. The number of hydrogen-bond acceptors (Lipinski definition) is 9. The number of nitrogens with zero attached hydrogens (tertiary/aromatic N) is 7. The van der Waals surface area contributed by atoms with Crippen molar-refractivity contribution in [1.82, 2.24) is 29.7 Å². The highest BCUT2D eigenvalue weighted by Crippen LogP contribution is 2.37. The standard InChI is InChI=1S/C23H24N8O2/c1-30-8-5-19(29-30)16-13-17(15-25-14-16)20-21(32-2)22(26-18-3-6-24-7-4-18)28-23(27-20)31-9-11-33-12-10-31/h3-8,13-15H,9-12H2,1-2H3,(H,24,26,27,28). The van der Waals surface area contributed by atoms with E-state index in [0.717, 1.165) is 22.5 Å². The molecule has 0 saturated carbocycles. The molecule has 10 nitrogen and oxygen atoms in total. The quantitative estimate of drug-likeness (QED) is 0.481. The van der Waals surface area contributed by atoms with Crippen LogP contribution in [0.3, 0.4) is 0 Å². The average Bonchev–Trinajstić information content (AvgIpc) is 3.31. The van der Waals surface area contributed by atoms with Crippen molar-refractivity contribution in [2.24, 2.45) is 7.05 Å². The number of anilines is 3. The number of hydrogen-bond donors (Lipinski definition) is 1. The van der Waals surface area contributed by atoms with E-state index < -0.39 is 0 Å². The van der Waals surface area contributed by atoms with Crippen LogP contribution in [0.25, 0.3) is 22.5 Å². The summed E-state index contributed by atoms with van der Waals surface area (Å²) in [4.78, 5) is 20.3. The first-order valence-corrected chi connectivity index (χ1v) is 10.6. The Morgan fingerprint density at radius 3 is 2.52 bits per heavy atom. The SMILES string of the molecule is COc1c(Nc2ccncc2)nc(N2CCOCC2)nc1-c1cncc(-c2ccn(C)n2)c1. The minimum atomic E-state index is 0.531. The van der Waals surface area contributed by atoms with Crippen LogP contribution in [0.2, 0.25) is 0 Å². The van der Waals surface area contributed by atoms with Gasteiger partial charge in [0.1, 0.15) is 5.69 Å². The summed E-state index contributed by atoms with van der Waals surface area (Å²) in [7, 11) is 3.50. The fourth-order valence-corrected chi connectivity index (χ4v) is 3.67. The lowest BCUT2D eigenvalue weighted by molar-refractivity contribution is 0.122. The maximum atomic E-state index is 5.80. The van der Waals surface area contributed by atoms with Gasteiger partial charge in [0.05, 0.1) is 26.0 Å². The Bertz CT molecular complexity index is 1240. The predicted molar refractivity (Wildman–Crippen MR) is 125 cm³/mol. The van der Waals surface area contributed by atoms with Crippen LogP contribution in [-0.4, -0.2) is 63.1 Å². The van der Waals surface area contributed by atoms with Crippen LogP contribution in [-0.2, 0) is 11.8 Å². The number of pyridine rings is 2. The Labute approximate surface area is 191 Å². The molecule has 168 valence electrons. The number of morpholine rings is 1. The van der Waals surface area contributed by atoms with Gasteiger partial charge in [-0.3, -0.25) is 14.6 Å². The van der Waals surface area contributed by atoms with Crippen LogP contribution in [0.15, 0.2) is 55.2 Å². The van der Waals surface area contributed by atoms with E-state index in [4.69, 9.17) is 19.4 Å². The highest BCUT2D eigenvalue weighted by molar-refractivity contribution is 5.78. The van der Waals surface area contributed by atoms with E-state index >= 15 is 0 Å². The smallest absolute Gasteiger partial charge is 0.228 e. The van der Waals surface area contributed by atoms with Gasteiger partial charge in [0, 0.05) is 67.9 Å². The van der Waals surface area contributed by atoms with E-state index in [1.54, 1.807) is 36.6 Å². The monoisotopic (exact) mass is 444 g/mol. The van der Waals surface area contributed by atoms with Crippen molar-refractivity contribution < 1.29 is 9.47 Å². The van der Waals surface area contributed by atoms with Crippen LogP contribution in [0, 0.1) is 0 Å². The van der Waals surface area contributed by atoms with Crippen LogP contribution in [0.1, 0.15) is 0 Å². The van der Waals surface area contributed by atoms with Gasteiger partial charge in [-0.2, -0.15) is 10.1 Å². The van der Waals surface area contributed by atoms with E-state index in [0.29, 0.717) is 49.5 Å². The summed E-state index contributed by atoms with van der Waals surface area (Å²) in [6, 6.07) is 7.71. The summed E-state index contributed by atoms with van der Waals surface area (Å²) in [5, 5.41) is 7.85. The average molecular weight is 444 g/mol. The first kappa shape index (κ1) is 20.8. The Morgan fingerprint density at radius 2 is 1.79 bits per heavy atom. The lowest BCUT2D eigenvalue weighted by Gasteiger charge is -2.28. The molecule has 0 aliphatic carbocycles. The van der Waals surface area contributed by atoms with Crippen LogP contribution in [0.4, 0.5) is 17.5 Å². The van der Waals surface area contributed by atoms with Gasteiger partial charge in [0.25, 0.3) is 0 Å². The van der Waals surface area contributed by atoms with Crippen molar-refractivity contribution in [2.75, 3.05) is 43.6 Å². The summed E-state index contributed by atoms with van der Waals surface area (Å²) in [5.41, 5.74) is 4.04. The Balaban J connectivity index is 1.63. The lowest BCUT2D eigenvalue weighted by Crippen LogP contribution is -2.37. The summed E-state index contributed by atoms with van der Waals surface area (Å²) in [5.74, 6) is 1.70. The fourth-order valence-electron chi connectivity index (χ4n) is 3.67. The predicted octanol–water partition coefficient (Wildman–Crippen LogP) is 2.92. The Hall–Kier alpha value is -4.05.